The molecule has 2 aromatic carbocycles. The number of carboxylic acids is 1. The molecule has 7 rings (SSSR count). The minimum atomic E-state index is -1.07. The summed E-state index contributed by atoms with van der Waals surface area (Å²) < 4.78 is 4.04. The molecule has 0 spiro atoms. The van der Waals surface area contributed by atoms with Crippen molar-refractivity contribution in [3.05, 3.63) is 128 Å². The molecule has 0 bridgehead atoms. The fourth-order valence-corrected chi connectivity index (χ4v) is 8.41. The number of fused-ring (bicyclic) bond motifs is 1. The number of amides is 1. The van der Waals surface area contributed by atoms with Crippen LogP contribution in [0.3, 0.4) is 0 Å². The summed E-state index contributed by atoms with van der Waals surface area (Å²) in [5.41, 5.74) is 11.4. The number of nitrogens with zero attached hydrogens (tertiary/aromatic N) is 7. The molecule has 284 valence electrons. The first-order valence-corrected chi connectivity index (χ1v) is 19.4. The van der Waals surface area contributed by atoms with Gasteiger partial charge in [-0.25, -0.2) is 9.78 Å². The van der Waals surface area contributed by atoms with Crippen LogP contribution in [-0.4, -0.2) is 72.4 Å². The van der Waals surface area contributed by atoms with E-state index in [1.807, 2.05) is 74.8 Å². The van der Waals surface area contributed by atoms with Gasteiger partial charge in [0.05, 0.1) is 16.2 Å². The summed E-state index contributed by atoms with van der Waals surface area (Å²) in [4.78, 5) is 39.2. The number of aromatic nitrogens is 5. The largest absolute Gasteiger partial charge is 0.477 e. The van der Waals surface area contributed by atoms with E-state index in [4.69, 9.17) is 28.3 Å². The van der Waals surface area contributed by atoms with Gasteiger partial charge in [0.15, 0.2) is 0 Å². The molecule has 0 radical (unpaired) electrons. The van der Waals surface area contributed by atoms with E-state index in [2.05, 4.69) is 37.6 Å². The van der Waals surface area contributed by atoms with Crippen LogP contribution in [0.25, 0.3) is 22.0 Å². The van der Waals surface area contributed by atoms with Gasteiger partial charge in [0.1, 0.15) is 11.4 Å². The molecule has 0 atom stereocenters. The lowest BCUT2D eigenvalue weighted by Gasteiger charge is -2.36. The number of hydrogen-bond donors (Lipinski definition) is 1. The zero-order valence-electron chi connectivity index (χ0n) is 31.9. The summed E-state index contributed by atoms with van der Waals surface area (Å²) in [5.74, 6) is -1.11. The molecule has 0 saturated carbocycles. The Kier molecular flexibility index (Phi) is 11.0. The second-order valence-corrected chi connectivity index (χ2v) is 15.3. The number of pyridine rings is 2. The zero-order chi connectivity index (χ0) is 39.0. The lowest BCUT2D eigenvalue weighted by atomic mass is 9.96. The fraction of sp³-hybridized carbons (Fsp3) is 0.326. The second-order valence-electron chi connectivity index (χ2n) is 14.5. The van der Waals surface area contributed by atoms with Crippen LogP contribution in [0.4, 0.5) is 5.69 Å². The maximum atomic E-state index is 15.1. The van der Waals surface area contributed by atoms with E-state index in [9.17, 15) is 9.90 Å². The third-order valence-electron chi connectivity index (χ3n) is 10.8. The highest BCUT2D eigenvalue weighted by Gasteiger charge is 2.32. The highest BCUT2D eigenvalue weighted by molar-refractivity contribution is 6.35. The number of benzene rings is 2. The average Bonchev–Trinajstić information content (AvgIpc) is 3.62. The highest BCUT2D eigenvalue weighted by atomic mass is 35.5. The molecule has 1 saturated heterocycles. The molecule has 55 heavy (non-hydrogen) atoms. The molecular formula is C43H45Cl2N7O3. The van der Waals surface area contributed by atoms with Crippen molar-refractivity contribution in [1.82, 2.24) is 29.2 Å². The van der Waals surface area contributed by atoms with Crippen molar-refractivity contribution in [3.63, 3.8) is 0 Å². The number of halogens is 2. The molecule has 12 heteroatoms. The Labute approximate surface area is 331 Å². The topological polar surface area (TPSA) is 109 Å². The summed E-state index contributed by atoms with van der Waals surface area (Å²) in [7, 11) is 1.94. The van der Waals surface area contributed by atoms with E-state index in [1.54, 1.807) is 12.3 Å². The maximum absolute atomic E-state index is 15.1. The van der Waals surface area contributed by atoms with Gasteiger partial charge < -0.3 is 19.5 Å². The van der Waals surface area contributed by atoms with Gasteiger partial charge in [0.25, 0.3) is 5.91 Å². The van der Waals surface area contributed by atoms with Gasteiger partial charge in [0.2, 0.25) is 0 Å². The molecule has 1 N–H and O–H groups in total. The van der Waals surface area contributed by atoms with Gasteiger partial charge in [0, 0.05) is 91.3 Å². The number of carbonyl (C=O) groups excluding carboxylic acids is 1. The number of carboxylic acid groups (broad SMARTS) is 1. The van der Waals surface area contributed by atoms with Crippen molar-refractivity contribution in [2.45, 2.75) is 59.9 Å². The molecule has 6 aromatic rings. The van der Waals surface area contributed by atoms with Crippen molar-refractivity contribution in [2.75, 3.05) is 31.1 Å². The van der Waals surface area contributed by atoms with Crippen LogP contribution in [0.1, 0.15) is 73.0 Å². The standard InChI is InChI=1S/C43H45Cl2N7O3/c1-26-21-30(22-27(2)39(26)45)9-6-7-11-33-34-12-13-35(44)38(37-28(3)48-49(5)29(37)4)40(34)52(25-31-10-8-15-46-24-31)41(33)42(53)51-19-17-50(18-20-51)32-14-16-47-36(23-32)43(54)55/h8,10,12-16,21-24H,6-7,9,11,17-20,25H2,1-5H3,(H,54,55). The van der Waals surface area contributed by atoms with Crippen LogP contribution >= 0.6 is 23.2 Å². The van der Waals surface area contributed by atoms with Crippen LogP contribution in [0.15, 0.2) is 67.1 Å². The molecule has 1 aliphatic heterocycles. The third kappa shape index (κ3) is 7.58. The Balaban J connectivity index is 1.32. The monoisotopic (exact) mass is 777 g/mol. The first kappa shape index (κ1) is 38.1. The molecule has 10 nitrogen and oxygen atoms in total. The fourth-order valence-electron chi connectivity index (χ4n) is 8.06. The van der Waals surface area contributed by atoms with Crippen LogP contribution in [-0.2, 0) is 26.4 Å². The van der Waals surface area contributed by atoms with E-state index in [1.165, 1.54) is 11.8 Å². The predicted octanol–water partition coefficient (Wildman–Crippen LogP) is 8.65. The lowest BCUT2D eigenvalue weighted by molar-refractivity contribution is 0.0689. The van der Waals surface area contributed by atoms with Crippen molar-refractivity contribution in [3.8, 4) is 11.1 Å². The molecule has 1 aliphatic rings. The van der Waals surface area contributed by atoms with Gasteiger partial charge in [-0.2, -0.15) is 5.10 Å². The lowest BCUT2D eigenvalue weighted by Crippen LogP contribution is -2.49. The summed E-state index contributed by atoms with van der Waals surface area (Å²) in [6.07, 6.45) is 8.53. The van der Waals surface area contributed by atoms with Crippen LogP contribution in [0.5, 0.6) is 0 Å². The number of piperazine rings is 1. The predicted molar refractivity (Wildman–Crippen MR) is 219 cm³/mol. The molecule has 5 heterocycles. The van der Waals surface area contributed by atoms with Gasteiger partial charge >= 0.3 is 5.97 Å². The number of anilines is 1. The van der Waals surface area contributed by atoms with Gasteiger partial charge in [-0.05, 0) is 105 Å². The molecule has 1 fully saturated rings. The summed E-state index contributed by atoms with van der Waals surface area (Å²) >= 11 is 13.7. The van der Waals surface area contributed by atoms with E-state index >= 15 is 4.79 Å². The second kappa shape index (κ2) is 15.9. The SMILES string of the molecule is Cc1cc(CCCCc2c(C(=O)N3CCN(c4ccnc(C(=O)O)c4)CC3)n(Cc3cccnc3)c3c(-c4c(C)nn(C)c4C)c(Cl)ccc23)cc(C)c1Cl. The number of unbranched alkanes of at least 4 members (excludes halogenated alkanes) is 1. The van der Waals surface area contributed by atoms with Crippen molar-refractivity contribution in [1.29, 1.82) is 0 Å². The number of aryl methyl sites for hydroxylation is 6. The minimum Gasteiger partial charge on any atom is -0.477 e. The molecular weight excluding hydrogens is 733 g/mol. The van der Waals surface area contributed by atoms with Crippen molar-refractivity contribution < 1.29 is 14.7 Å². The minimum absolute atomic E-state index is 0.00421. The summed E-state index contributed by atoms with van der Waals surface area (Å²) in [6.45, 7) is 10.6. The Bertz CT molecular complexity index is 2390. The van der Waals surface area contributed by atoms with E-state index in [0.29, 0.717) is 49.9 Å². The highest BCUT2D eigenvalue weighted by Crippen LogP contribution is 2.43. The number of aromatic carboxylic acids is 1. The Hall–Kier alpha value is -5.19. The number of hydrogen-bond acceptors (Lipinski definition) is 6. The van der Waals surface area contributed by atoms with E-state index in [0.717, 1.165) is 85.6 Å². The first-order chi connectivity index (χ1) is 26.4. The van der Waals surface area contributed by atoms with Crippen molar-refractivity contribution in [2.24, 2.45) is 7.05 Å². The Morgan fingerprint density at radius 3 is 2.24 bits per heavy atom. The van der Waals surface area contributed by atoms with Crippen LogP contribution < -0.4 is 4.90 Å². The first-order valence-electron chi connectivity index (χ1n) is 18.6. The quantitative estimate of drug-likeness (QED) is 0.131. The summed E-state index contributed by atoms with van der Waals surface area (Å²) in [5, 5.41) is 16.7. The van der Waals surface area contributed by atoms with Crippen LogP contribution in [0.2, 0.25) is 10.0 Å². The van der Waals surface area contributed by atoms with E-state index in [-0.39, 0.29) is 11.6 Å². The van der Waals surface area contributed by atoms with Crippen molar-refractivity contribution >= 4 is 51.7 Å². The normalized spacial score (nSPS) is 13.2. The molecule has 0 aliphatic carbocycles. The van der Waals surface area contributed by atoms with E-state index < -0.39 is 5.97 Å². The Morgan fingerprint density at radius 2 is 1.58 bits per heavy atom. The Morgan fingerprint density at radius 1 is 0.855 bits per heavy atom. The molecule has 4 aromatic heterocycles. The summed E-state index contributed by atoms with van der Waals surface area (Å²) in [6, 6.07) is 15.7. The van der Waals surface area contributed by atoms with Gasteiger partial charge in [-0.3, -0.25) is 14.5 Å². The number of rotatable bonds is 11. The average molecular weight is 779 g/mol. The van der Waals surface area contributed by atoms with Crippen LogP contribution in [0, 0.1) is 27.7 Å². The van der Waals surface area contributed by atoms with Gasteiger partial charge in [-0.15, -0.1) is 0 Å². The maximum Gasteiger partial charge on any atom is 0.354 e. The number of carbonyl (C=O) groups is 2. The molecule has 1 amide bonds. The smallest absolute Gasteiger partial charge is 0.354 e. The molecule has 0 unspecified atom stereocenters. The third-order valence-corrected chi connectivity index (χ3v) is 11.7. The zero-order valence-corrected chi connectivity index (χ0v) is 33.4. The van der Waals surface area contributed by atoms with Gasteiger partial charge in [-0.1, -0.05) is 47.5 Å².